The van der Waals surface area contributed by atoms with E-state index in [9.17, 15) is 9.59 Å². The molecule has 9 heteroatoms. The van der Waals surface area contributed by atoms with E-state index in [0.717, 1.165) is 16.7 Å². The van der Waals surface area contributed by atoms with Crippen molar-refractivity contribution in [1.29, 1.82) is 0 Å². The molecule has 8 nitrogen and oxygen atoms in total. The SMILES string of the molecule is Cc1ccc(CC(=O)[C@H](Cc2ccccc2)NC(=O)COc2cc(Cl)ccc2-n2cnnn2)cc1. The lowest BCUT2D eigenvalue weighted by Crippen LogP contribution is -2.45. The molecule has 0 spiro atoms. The molecule has 1 atom stereocenters. The standard InChI is InChI=1S/C26H24ClN5O3/c1-18-7-9-20(10-8-18)14-24(33)22(13-19-5-3-2-4-6-19)29-26(34)16-35-25-15-21(27)11-12-23(25)32-17-28-30-31-32/h2-12,15,17,22H,13-14,16H2,1H3,(H,29,34)/t22-/m0/s1. The molecule has 1 aromatic heterocycles. The second kappa shape index (κ2) is 11.4. The predicted molar refractivity (Wildman–Crippen MR) is 132 cm³/mol. The van der Waals surface area contributed by atoms with E-state index in [1.54, 1.807) is 18.2 Å². The van der Waals surface area contributed by atoms with E-state index in [4.69, 9.17) is 16.3 Å². The van der Waals surface area contributed by atoms with Gasteiger partial charge in [-0.25, -0.2) is 0 Å². The van der Waals surface area contributed by atoms with E-state index < -0.39 is 11.9 Å². The van der Waals surface area contributed by atoms with Crippen LogP contribution < -0.4 is 10.1 Å². The third-order valence-corrected chi connectivity index (χ3v) is 5.62. The van der Waals surface area contributed by atoms with Gasteiger partial charge < -0.3 is 10.1 Å². The summed E-state index contributed by atoms with van der Waals surface area (Å²) < 4.78 is 7.15. The number of ketones is 1. The number of Topliss-reactive ketones (excluding diaryl/α,β-unsaturated/α-hetero) is 1. The van der Waals surface area contributed by atoms with Gasteiger partial charge in [0.2, 0.25) is 0 Å². The molecule has 0 aliphatic carbocycles. The molecular formula is C26H24ClN5O3. The number of tetrazole rings is 1. The molecule has 0 bridgehead atoms. The highest BCUT2D eigenvalue weighted by Crippen LogP contribution is 2.26. The van der Waals surface area contributed by atoms with Crippen molar-refractivity contribution in [3.63, 3.8) is 0 Å². The third kappa shape index (κ3) is 6.74. The van der Waals surface area contributed by atoms with E-state index in [0.29, 0.717) is 22.9 Å². The molecule has 0 saturated carbocycles. The first kappa shape index (κ1) is 24.1. The molecular weight excluding hydrogens is 466 g/mol. The van der Waals surface area contributed by atoms with Crippen LogP contribution in [-0.2, 0) is 22.4 Å². The first-order valence-electron chi connectivity index (χ1n) is 11.0. The van der Waals surface area contributed by atoms with Crippen LogP contribution >= 0.6 is 11.6 Å². The molecule has 1 N–H and O–H groups in total. The van der Waals surface area contributed by atoms with Crippen LogP contribution in [0.3, 0.4) is 0 Å². The Labute approximate surface area is 207 Å². The van der Waals surface area contributed by atoms with Crippen molar-refractivity contribution >= 4 is 23.3 Å². The highest BCUT2D eigenvalue weighted by Gasteiger charge is 2.22. The zero-order chi connectivity index (χ0) is 24.6. The van der Waals surface area contributed by atoms with Crippen molar-refractivity contribution in [2.24, 2.45) is 0 Å². The summed E-state index contributed by atoms with van der Waals surface area (Å²) in [5, 5.41) is 14.4. The van der Waals surface area contributed by atoms with E-state index in [-0.39, 0.29) is 18.8 Å². The molecule has 4 aromatic rings. The average Bonchev–Trinajstić information content (AvgIpc) is 3.39. The summed E-state index contributed by atoms with van der Waals surface area (Å²) in [7, 11) is 0. The molecule has 0 aliphatic heterocycles. The Bertz CT molecular complexity index is 1280. The lowest BCUT2D eigenvalue weighted by atomic mass is 9.97. The number of hydrogen-bond acceptors (Lipinski definition) is 6. The fourth-order valence-corrected chi connectivity index (χ4v) is 3.73. The van der Waals surface area contributed by atoms with Gasteiger partial charge in [-0.3, -0.25) is 9.59 Å². The lowest BCUT2D eigenvalue weighted by Gasteiger charge is -2.19. The number of aromatic nitrogens is 4. The second-order valence-corrected chi connectivity index (χ2v) is 8.53. The lowest BCUT2D eigenvalue weighted by molar-refractivity contribution is -0.128. The summed E-state index contributed by atoms with van der Waals surface area (Å²) in [5.74, 6) is -0.167. The van der Waals surface area contributed by atoms with Gasteiger partial charge >= 0.3 is 0 Å². The molecule has 0 saturated heterocycles. The van der Waals surface area contributed by atoms with E-state index in [2.05, 4.69) is 20.8 Å². The number of nitrogens with zero attached hydrogens (tertiary/aromatic N) is 4. The van der Waals surface area contributed by atoms with Gasteiger partial charge in [-0.2, -0.15) is 4.68 Å². The van der Waals surface area contributed by atoms with Crippen molar-refractivity contribution in [2.75, 3.05) is 6.61 Å². The van der Waals surface area contributed by atoms with Gasteiger partial charge in [-0.05, 0) is 47.0 Å². The fraction of sp³-hybridized carbons (Fsp3) is 0.192. The molecule has 0 fully saturated rings. The summed E-state index contributed by atoms with van der Waals surface area (Å²) in [4.78, 5) is 26.0. The van der Waals surface area contributed by atoms with Crippen molar-refractivity contribution in [3.8, 4) is 11.4 Å². The van der Waals surface area contributed by atoms with Crippen LogP contribution in [0.25, 0.3) is 5.69 Å². The van der Waals surface area contributed by atoms with Gasteiger partial charge in [0.1, 0.15) is 17.8 Å². The Kier molecular flexibility index (Phi) is 7.84. The van der Waals surface area contributed by atoms with Crippen LogP contribution in [0.4, 0.5) is 0 Å². The van der Waals surface area contributed by atoms with Gasteiger partial charge in [0.25, 0.3) is 5.91 Å². The van der Waals surface area contributed by atoms with Crippen molar-refractivity contribution in [3.05, 3.63) is 101 Å². The Balaban J connectivity index is 1.45. The number of nitrogens with one attached hydrogen (secondary N) is 1. The minimum atomic E-state index is -0.701. The van der Waals surface area contributed by atoms with Gasteiger partial charge in [0.05, 0.1) is 6.04 Å². The normalized spacial score (nSPS) is 11.6. The first-order chi connectivity index (χ1) is 17.0. The van der Waals surface area contributed by atoms with E-state index in [1.165, 1.54) is 11.0 Å². The maximum absolute atomic E-state index is 13.2. The zero-order valence-corrected chi connectivity index (χ0v) is 19.9. The fourth-order valence-electron chi connectivity index (χ4n) is 3.57. The van der Waals surface area contributed by atoms with Crippen LogP contribution in [0, 0.1) is 6.92 Å². The Morgan fingerprint density at radius 2 is 1.80 bits per heavy atom. The van der Waals surface area contributed by atoms with Crippen LogP contribution in [0.5, 0.6) is 5.75 Å². The summed E-state index contributed by atoms with van der Waals surface area (Å²) in [5.41, 5.74) is 3.50. The molecule has 4 rings (SSSR count). The number of rotatable bonds is 10. The second-order valence-electron chi connectivity index (χ2n) is 8.09. The van der Waals surface area contributed by atoms with Crippen molar-refractivity contribution in [1.82, 2.24) is 25.5 Å². The minimum Gasteiger partial charge on any atom is -0.481 e. The van der Waals surface area contributed by atoms with E-state index in [1.807, 2.05) is 61.5 Å². The zero-order valence-electron chi connectivity index (χ0n) is 19.1. The van der Waals surface area contributed by atoms with Crippen LogP contribution in [0.1, 0.15) is 16.7 Å². The number of halogens is 1. The van der Waals surface area contributed by atoms with E-state index >= 15 is 0 Å². The highest BCUT2D eigenvalue weighted by molar-refractivity contribution is 6.30. The first-order valence-corrected chi connectivity index (χ1v) is 11.4. The summed E-state index contributed by atoms with van der Waals surface area (Å²) in [6.07, 6.45) is 2.01. The van der Waals surface area contributed by atoms with Crippen molar-refractivity contribution < 1.29 is 14.3 Å². The maximum Gasteiger partial charge on any atom is 0.258 e. The number of amides is 1. The molecule has 35 heavy (non-hydrogen) atoms. The Morgan fingerprint density at radius 1 is 1.03 bits per heavy atom. The van der Waals surface area contributed by atoms with Gasteiger partial charge in [0.15, 0.2) is 12.4 Å². The Morgan fingerprint density at radius 3 is 2.51 bits per heavy atom. The smallest absolute Gasteiger partial charge is 0.258 e. The van der Waals surface area contributed by atoms with Gasteiger partial charge in [-0.15, -0.1) is 5.10 Å². The molecule has 1 amide bonds. The summed E-state index contributed by atoms with van der Waals surface area (Å²) in [6, 6.07) is 21.6. The average molecular weight is 490 g/mol. The molecule has 0 radical (unpaired) electrons. The van der Waals surface area contributed by atoms with Gasteiger partial charge in [0, 0.05) is 17.5 Å². The Hall–Kier alpha value is -4.04. The van der Waals surface area contributed by atoms with Crippen LogP contribution in [0.15, 0.2) is 79.1 Å². The quantitative estimate of drug-likeness (QED) is 0.366. The highest BCUT2D eigenvalue weighted by atomic mass is 35.5. The number of hydrogen-bond donors (Lipinski definition) is 1. The summed E-state index contributed by atoms with van der Waals surface area (Å²) in [6.45, 7) is 1.69. The molecule has 0 unspecified atom stereocenters. The van der Waals surface area contributed by atoms with Crippen LogP contribution in [0.2, 0.25) is 5.02 Å². The number of benzene rings is 3. The topological polar surface area (TPSA) is 99.0 Å². The van der Waals surface area contributed by atoms with Crippen molar-refractivity contribution in [2.45, 2.75) is 25.8 Å². The van der Waals surface area contributed by atoms with Gasteiger partial charge in [-0.1, -0.05) is 71.8 Å². The third-order valence-electron chi connectivity index (χ3n) is 5.38. The number of aryl methyl sites for hydroxylation is 1. The monoisotopic (exact) mass is 489 g/mol. The number of ether oxygens (including phenoxy) is 1. The number of carbonyl (C=O) groups excluding carboxylic acids is 2. The largest absolute Gasteiger partial charge is 0.481 e. The maximum atomic E-state index is 13.2. The molecule has 178 valence electrons. The molecule has 3 aromatic carbocycles. The minimum absolute atomic E-state index is 0.0804. The van der Waals surface area contributed by atoms with Crippen LogP contribution in [-0.4, -0.2) is 44.5 Å². The number of carbonyl (C=O) groups is 2. The predicted octanol–water partition coefficient (Wildman–Crippen LogP) is 3.54. The summed E-state index contributed by atoms with van der Waals surface area (Å²) >= 11 is 6.11. The molecule has 1 heterocycles. The molecule has 0 aliphatic rings.